The Kier molecular flexibility index (Phi) is 6.22. The normalized spacial score (nSPS) is 11.9. The van der Waals surface area contributed by atoms with Gasteiger partial charge in [-0.3, -0.25) is 0 Å². The van der Waals surface area contributed by atoms with Crippen LogP contribution in [-0.2, 0) is 0 Å². The zero-order valence-electron chi connectivity index (χ0n) is 26.4. The van der Waals surface area contributed by atoms with E-state index in [0.29, 0.717) is 0 Å². The fraction of sp³-hybridized carbons (Fsp3) is 0.0909. The Labute approximate surface area is 276 Å². The van der Waals surface area contributed by atoms with Crippen LogP contribution in [0.4, 0.5) is 0 Å². The van der Waals surface area contributed by atoms with Gasteiger partial charge in [-0.25, -0.2) is 0 Å². The molecule has 0 amide bonds. The summed E-state index contributed by atoms with van der Waals surface area (Å²) in [7, 11) is 0. The number of hydrogen-bond donors (Lipinski definition) is 0. The van der Waals surface area contributed by atoms with E-state index in [4.69, 9.17) is 0 Å². The first-order valence-electron chi connectivity index (χ1n) is 15.9. The molecular formula is C44H32S2. The van der Waals surface area contributed by atoms with Crippen LogP contribution in [0, 0.1) is 27.7 Å². The van der Waals surface area contributed by atoms with Crippen molar-refractivity contribution in [2.75, 3.05) is 0 Å². The first-order chi connectivity index (χ1) is 22.3. The van der Waals surface area contributed by atoms with Gasteiger partial charge in [0.25, 0.3) is 0 Å². The third-order valence-electron chi connectivity index (χ3n) is 9.40. The molecule has 2 heterocycles. The topological polar surface area (TPSA) is 0 Å². The van der Waals surface area contributed by atoms with Crippen molar-refractivity contribution in [1.29, 1.82) is 0 Å². The van der Waals surface area contributed by atoms with Gasteiger partial charge in [0.15, 0.2) is 0 Å². The Morgan fingerprint density at radius 2 is 0.500 bits per heavy atom. The van der Waals surface area contributed by atoms with Crippen molar-refractivity contribution in [1.82, 2.24) is 0 Å². The van der Waals surface area contributed by atoms with Gasteiger partial charge in [0.1, 0.15) is 0 Å². The van der Waals surface area contributed by atoms with Crippen LogP contribution in [0.1, 0.15) is 22.3 Å². The molecular weight excluding hydrogens is 593 g/mol. The molecule has 0 bridgehead atoms. The summed E-state index contributed by atoms with van der Waals surface area (Å²) in [6, 6.07) is 45.6. The van der Waals surface area contributed by atoms with Crippen LogP contribution in [0.2, 0.25) is 0 Å². The molecule has 2 aromatic heterocycles. The van der Waals surface area contributed by atoms with Gasteiger partial charge in [-0.1, -0.05) is 95.1 Å². The Hall–Kier alpha value is -4.76. The van der Waals surface area contributed by atoms with Crippen molar-refractivity contribution < 1.29 is 0 Å². The van der Waals surface area contributed by atoms with E-state index < -0.39 is 0 Å². The summed E-state index contributed by atoms with van der Waals surface area (Å²) < 4.78 is 5.52. The zero-order valence-corrected chi connectivity index (χ0v) is 28.0. The highest BCUT2D eigenvalue weighted by molar-refractivity contribution is 7.26. The van der Waals surface area contributed by atoms with E-state index in [1.54, 1.807) is 0 Å². The first-order valence-corrected chi connectivity index (χ1v) is 17.5. The monoisotopic (exact) mass is 624 g/mol. The van der Waals surface area contributed by atoms with Gasteiger partial charge in [-0.05, 0) is 119 Å². The minimum atomic E-state index is 1.32. The second-order valence-electron chi connectivity index (χ2n) is 13.0. The summed E-state index contributed by atoms with van der Waals surface area (Å²) in [6.07, 6.45) is 0. The SMILES string of the molecule is Cc1ccc2cc3c(cc2c1)sc1cc2cc(C)ccc2cc13.Cc1ccc2cc3sc4cc5ccc(C)cc5cc4c3cc2c1. The predicted octanol–water partition coefficient (Wildman–Crippen LogP) is 14.0. The van der Waals surface area contributed by atoms with Crippen LogP contribution in [0.5, 0.6) is 0 Å². The summed E-state index contributed by atoms with van der Waals surface area (Å²) in [5.74, 6) is 0. The quantitative estimate of drug-likeness (QED) is 0.157. The predicted molar refractivity (Wildman–Crippen MR) is 208 cm³/mol. The molecule has 0 aliphatic carbocycles. The minimum Gasteiger partial charge on any atom is -0.135 e. The molecule has 0 saturated carbocycles. The van der Waals surface area contributed by atoms with E-state index in [9.17, 15) is 0 Å². The second kappa shape index (κ2) is 10.4. The number of hydrogen-bond acceptors (Lipinski definition) is 2. The summed E-state index contributed by atoms with van der Waals surface area (Å²) in [6.45, 7) is 8.63. The lowest BCUT2D eigenvalue weighted by Gasteiger charge is -2.02. The molecule has 10 aromatic rings. The van der Waals surface area contributed by atoms with E-state index in [2.05, 4.69) is 149 Å². The summed E-state index contributed by atoms with van der Waals surface area (Å²) in [5, 5.41) is 16.2. The van der Waals surface area contributed by atoms with Crippen LogP contribution in [0.15, 0.2) is 121 Å². The highest BCUT2D eigenvalue weighted by atomic mass is 32.1. The van der Waals surface area contributed by atoms with Gasteiger partial charge in [0, 0.05) is 40.3 Å². The highest BCUT2D eigenvalue weighted by Crippen LogP contribution is 2.40. The van der Waals surface area contributed by atoms with Gasteiger partial charge in [0.2, 0.25) is 0 Å². The summed E-state index contributed by atoms with van der Waals surface area (Å²) >= 11 is 3.80. The molecule has 0 aliphatic heterocycles. The smallest absolute Gasteiger partial charge is 0.0361 e. The number of fused-ring (bicyclic) bond motifs is 10. The lowest BCUT2D eigenvalue weighted by atomic mass is 10.0. The fourth-order valence-electron chi connectivity index (χ4n) is 7.00. The van der Waals surface area contributed by atoms with Crippen molar-refractivity contribution in [3.8, 4) is 0 Å². The van der Waals surface area contributed by atoms with E-state index in [1.807, 2.05) is 22.7 Å². The molecule has 46 heavy (non-hydrogen) atoms. The zero-order chi connectivity index (χ0) is 31.1. The fourth-order valence-corrected chi connectivity index (χ4v) is 9.33. The molecule has 8 aromatic carbocycles. The molecule has 0 unspecified atom stereocenters. The molecule has 0 spiro atoms. The number of rotatable bonds is 0. The highest BCUT2D eigenvalue weighted by Gasteiger charge is 2.10. The molecule has 0 radical (unpaired) electrons. The first kappa shape index (κ1) is 27.5. The van der Waals surface area contributed by atoms with Crippen molar-refractivity contribution in [2.45, 2.75) is 27.7 Å². The summed E-state index contributed by atoms with van der Waals surface area (Å²) in [4.78, 5) is 0. The summed E-state index contributed by atoms with van der Waals surface area (Å²) in [5.41, 5.74) is 5.27. The molecule has 2 heteroatoms. The molecule has 0 aliphatic rings. The van der Waals surface area contributed by atoms with Crippen LogP contribution in [0.3, 0.4) is 0 Å². The van der Waals surface area contributed by atoms with E-state index in [0.717, 1.165) is 0 Å². The molecule has 0 fully saturated rings. The van der Waals surface area contributed by atoms with Gasteiger partial charge in [0.05, 0.1) is 0 Å². The van der Waals surface area contributed by atoms with Crippen molar-refractivity contribution in [2.24, 2.45) is 0 Å². The minimum absolute atomic E-state index is 1.32. The average molecular weight is 625 g/mol. The van der Waals surface area contributed by atoms with Crippen LogP contribution < -0.4 is 0 Å². The van der Waals surface area contributed by atoms with Crippen molar-refractivity contribution in [3.63, 3.8) is 0 Å². The third kappa shape index (κ3) is 4.64. The number of benzene rings is 8. The third-order valence-corrected chi connectivity index (χ3v) is 11.6. The Balaban J connectivity index is 0.000000127. The maximum Gasteiger partial charge on any atom is 0.0361 e. The lowest BCUT2D eigenvalue weighted by Crippen LogP contribution is -1.77. The van der Waals surface area contributed by atoms with Crippen molar-refractivity contribution >= 4 is 106 Å². The van der Waals surface area contributed by atoms with Gasteiger partial charge >= 0.3 is 0 Å². The Bertz CT molecular complexity index is 2650. The maximum absolute atomic E-state index is 2.36. The molecule has 0 nitrogen and oxygen atoms in total. The standard InChI is InChI=1S/2C22H16S/c1-13-3-5-15-11-21-19(9-17(15)7-13)20-10-18-8-14(2)4-6-16(18)12-22(20)23-21;1-13-3-5-15-9-19-20-10-16-6-4-14(2)8-18(16)12-22(20)23-21(19)11-17(15)7-13/h2*3-12H,1-2H3. The molecule has 220 valence electrons. The van der Waals surface area contributed by atoms with Gasteiger partial charge in [-0.2, -0.15) is 0 Å². The lowest BCUT2D eigenvalue weighted by molar-refractivity contribution is 1.51. The Morgan fingerprint density at radius 1 is 0.261 bits per heavy atom. The van der Waals surface area contributed by atoms with Crippen LogP contribution in [0.25, 0.3) is 83.4 Å². The molecule has 0 saturated heterocycles. The number of thiophene rings is 2. The van der Waals surface area contributed by atoms with E-state index >= 15 is 0 Å². The molecule has 0 N–H and O–H groups in total. The van der Waals surface area contributed by atoms with Crippen molar-refractivity contribution in [3.05, 3.63) is 144 Å². The van der Waals surface area contributed by atoms with Crippen LogP contribution in [-0.4, -0.2) is 0 Å². The number of aryl methyl sites for hydroxylation is 4. The van der Waals surface area contributed by atoms with E-state index in [-0.39, 0.29) is 0 Å². The molecule has 10 rings (SSSR count). The second-order valence-corrected chi connectivity index (χ2v) is 15.2. The average Bonchev–Trinajstić information content (AvgIpc) is 3.56. The van der Waals surface area contributed by atoms with Crippen LogP contribution >= 0.6 is 22.7 Å². The molecule has 0 atom stereocenters. The Morgan fingerprint density at radius 3 is 0.826 bits per heavy atom. The van der Waals surface area contributed by atoms with E-state index in [1.165, 1.54) is 106 Å². The maximum atomic E-state index is 2.36. The van der Waals surface area contributed by atoms with Gasteiger partial charge < -0.3 is 0 Å². The van der Waals surface area contributed by atoms with Gasteiger partial charge in [-0.15, -0.1) is 22.7 Å². The largest absolute Gasteiger partial charge is 0.135 e.